The summed E-state index contributed by atoms with van der Waals surface area (Å²) in [6.07, 6.45) is 0.475. The molecule has 0 radical (unpaired) electrons. The minimum atomic E-state index is -0.471. The zero-order valence-corrected chi connectivity index (χ0v) is 11.3. The van der Waals surface area contributed by atoms with Crippen molar-refractivity contribution >= 4 is 11.9 Å². The average Bonchev–Trinajstić information content (AvgIpc) is 2.21. The van der Waals surface area contributed by atoms with Crippen LogP contribution >= 0.6 is 0 Å². The largest absolute Gasteiger partial charge is 0.392 e. The topological polar surface area (TPSA) is 81.7 Å². The smallest absolute Gasteiger partial charge is 0.321 e. The number of urea groups is 1. The Labute approximate surface area is 108 Å². The monoisotopic (exact) mass is 257 g/mol. The fourth-order valence-electron chi connectivity index (χ4n) is 1.93. The van der Waals surface area contributed by atoms with Crippen LogP contribution in [0.2, 0.25) is 0 Å². The van der Waals surface area contributed by atoms with Crippen LogP contribution < -0.4 is 10.6 Å². The van der Waals surface area contributed by atoms with Crippen LogP contribution in [0.25, 0.3) is 0 Å². The van der Waals surface area contributed by atoms with E-state index in [9.17, 15) is 14.7 Å². The highest BCUT2D eigenvalue weighted by molar-refractivity contribution is 5.95. The number of β-amino-alcohol motifs (C(OH)–C–C–N with tert-alkyl or cyclic N) is 1. The van der Waals surface area contributed by atoms with E-state index in [-0.39, 0.29) is 24.4 Å². The molecule has 104 valence electrons. The Kier molecular flexibility index (Phi) is 5.55. The molecule has 0 aromatic rings. The number of nitrogens with zero attached hydrogens (tertiary/aromatic N) is 1. The first-order chi connectivity index (χ1) is 8.38. The summed E-state index contributed by atoms with van der Waals surface area (Å²) in [5.41, 5.74) is 0. The number of hydrogen-bond acceptors (Lipinski definition) is 4. The van der Waals surface area contributed by atoms with Crippen molar-refractivity contribution in [2.75, 3.05) is 19.6 Å². The van der Waals surface area contributed by atoms with Crippen molar-refractivity contribution in [3.05, 3.63) is 0 Å². The molecule has 1 saturated heterocycles. The van der Waals surface area contributed by atoms with Crippen LogP contribution in [-0.2, 0) is 4.79 Å². The van der Waals surface area contributed by atoms with Crippen molar-refractivity contribution in [3.8, 4) is 0 Å². The third-order valence-electron chi connectivity index (χ3n) is 3.04. The second-order valence-corrected chi connectivity index (χ2v) is 5.24. The van der Waals surface area contributed by atoms with Gasteiger partial charge < -0.3 is 10.4 Å². The number of piperidine rings is 1. The van der Waals surface area contributed by atoms with Crippen LogP contribution in [0.4, 0.5) is 4.79 Å². The highest BCUT2D eigenvalue weighted by Crippen LogP contribution is 2.16. The van der Waals surface area contributed by atoms with E-state index in [0.717, 1.165) is 13.0 Å². The minimum absolute atomic E-state index is 0.00421. The number of aliphatic hydroxyl groups excluding tert-OH is 1. The van der Waals surface area contributed by atoms with E-state index in [1.807, 2.05) is 25.7 Å². The summed E-state index contributed by atoms with van der Waals surface area (Å²) >= 11 is 0. The number of hydrogen-bond donors (Lipinski definition) is 3. The normalized spacial score (nSPS) is 24.9. The van der Waals surface area contributed by atoms with Gasteiger partial charge in [0.1, 0.15) is 0 Å². The third kappa shape index (κ3) is 5.01. The maximum atomic E-state index is 11.6. The second kappa shape index (κ2) is 6.70. The van der Waals surface area contributed by atoms with E-state index in [2.05, 4.69) is 10.6 Å². The first kappa shape index (κ1) is 14.9. The molecule has 1 fully saturated rings. The highest BCUT2D eigenvalue weighted by atomic mass is 16.3. The van der Waals surface area contributed by atoms with Gasteiger partial charge in [-0.15, -0.1) is 0 Å². The fourth-order valence-corrected chi connectivity index (χ4v) is 1.93. The van der Waals surface area contributed by atoms with Crippen LogP contribution in [0, 0.1) is 5.92 Å². The molecule has 6 heteroatoms. The minimum Gasteiger partial charge on any atom is -0.392 e. The molecule has 2 unspecified atom stereocenters. The van der Waals surface area contributed by atoms with E-state index in [1.165, 1.54) is 0 Å². The van der Waals surface area contributed by atoms with Gasteiger partial charge in [0, 0.05) is 12.6 Å². The number of aliphatic hydroxyl groups is 1. The van der Waals surface area contributed by atoms with Crippen molar-refractivity contribution in [3.63, 3.8) is 0 Å². The molecule has 0 aromatic heterocycles. The number of nitrogens with one attached hydrogen (secondary N) is 2. The molecule has 2 atom stereocenters. The first-order valence-corrected chi connectivity index (χ1v) is 6.39. The Morgan fingerprint density at radius 2 is 2.11 bits per heavy atom. The number of carbonyl (C=O) groups is 2. The van der Waals surface area contributed by atoms with E-state index in [0.29, 0.717) is 6.54 Å². The van der Waals surface area contributed by atoms with E-state index in [1.54, 1.807) is 0 Å². The maximum Gasteiger partial charge on any atom is 0.321 e. The van der Waals surface area contributed by atoms with Crippen molar-refractivity contribution in [2.45, 2.75) is 39.3 Å². The summed E-state index contributed by atoms with van der Waals surface area (Å²) in [6, 6.07) is -0.476. The van der Waals surface area contributed by atoms with Gasteiger partial charge in [0.15, 0.2) is 0 Å². The van der Waals surface area contributed by atoms with Crippen molar-refractivity contribution < 1.29 is 14.7 Å². The predicted molar refractivity (Wildman–Crippen MR) is 68.0 cm³/mol. The molecule has 18 heavy (non-hydrogen) atoms. The Hall–Kier alpha value is -1.14. The summed E-state index contributed by atoms with van der Waals surface area (Å²) in [4.78, 5) is 24.8. The molecule has 0 aliphatic carbocycles. The van der Waals surface area contributed by atoms with Gasteiger partial charge in [0.05, 0.1) is 12.6 Å². The lowest BCUT2D eigenvalue weighted by molar-refractivity contribution is -0.122. The summed E-state index contributed by atoms with van der Waals surface area (Å²) < 4.78 is 0. The predicted octanol–water partition coefficient (Wildman–Crippen LogP) is -0.0767. The fraction of sp³-hybridized carbons (Fsp3) is 0.833. The molecule has 6 nitrogen and oxygen atoms in total. The highest BCUT2D eigenvalue weighted by Gasteiger charge is 2.25. The summed E-state index contributed by atoms with van der Waals surface area (Å²) in [5.74, 6) is -0.0662. The molecule has 1 aliphatic heterocycles. The molecule has 3 N–H and O–H groups in total. The zero-order chi connectivity index (χ0) is 13.7. The van der Waals surface area contributed by atoms with Gasteiger partial charge in [0.25, 0.3) is 0 Å². The van der Waals surface area contributed by atoms with Gasteiger partial charge in [-0.25, -0.2) is 4.79 Å². The summed E-state index contributed by atoms with van der Waals surface area (Å²) in [7, 11) is 0. The Morgan fingerprint density at radius 1 is 1.44 bits per heavy atom. The molecule has 1 heterocycles. The van der Waals surface area contributed by atoms with Crippen LogP contribution in [0.3, 0.4) is 0 Å². The lowest BCUT2D eigenvalue weighted by atomic mass is 9.96. The van der Waals surface area contributed by atoms with Gasteiger partial charge in [-0.05, 0) is 32.7 Å². The molecule has 0 saturated carbocycles. The lowest BCUT2D eigenvalue weighted by Gasteiger charge is -2.33. The standard InChI is InChI=1S/C12H23N3O3/c1-8(2)13-12(18)14-11(17)7-15-5-4-9(3)10(16)6-15/h8-10,16H,4-7H2,1-3H3,(H2,13,14,17,18). The van der Waals surface area contributed by atoms with Gasteiger partial charge in [-0.1, -0.05) is 6.92 Å². The van der Waals surface area contributed by atoms with Crippen LogP contribution in [0.5, 0.6) is 0 Å². The Balaban J connectivity index is 2.30. The van der Waals surface area contributed by atoms with E-state index < -0.39 is 12.1 Å². The second-order valence-electron chi connectivity index (χ2n) is 5.24. The molecule has 3 amide bonds. The molecule has 1 aliphatic rings. The maximum absolute atomic E-state index is 11.6. The average molecular weight is 257 g/mol. The van der Waals surface area contributed by atoms with Gasteiger partial charge in [-0.3, -0.25) is 15.0 Å². The number of carbonyl (C=O) groups excluding carboxylic acids is 2. The van der Waals surface area contributed by atoms with Crippen molar-refractivity contribution in [1.82, 2.24) is 15.5 Å². The Bertz CT molecular complexity index is 307. The van der Waals surface area contributed by atoms with Gasteiger partial charge in [-0.2, -0.15) is 0 Å². The zero-order valence-electron chi connectivity index (χ0n) is 11.3. The molecule has 0 bridgehead atoms. The van der Waals surface area contributed by atoms with Crippen molar-refractivity contribution in [2.24, 2.45) is 5.92 Å². The molecule has 1 rings (SSSR count). The van der Waals surface area contributed by atoms with Crippen LogP contribution in [-0.4, -0.2) is 53.7 Å². The van der Waals surface area contributed by atoms with Gasteiger partial charge >= 0.3 is 6.03 Å². The number of likely N-dealkylation sites (tertiary alicyclic amines) is 1. The number of rotatable bonds is 3. The van der Waals surface area contributed by atoms with Crippen LogP contribution in [0.1, 0.15) is 27.2 Å². The third-order valence-corrected chi connectivity index (χ3v) is 3.04. The van der Waals surface area contributed by atoms with Crippen LogP contribution in [0.15, 0.2) is 0 Å². The Morgan fingerprint density at radius 3 is 2.67 bits per heavy atom. The molecule has 0 aromatic carbocycles. The molecular weight excluding hydrogens is 234 g/mol. The quantitative estimate of drug-likeness (QED) is 0.660. The van der Waals surface area contributed by atoms with E-state index >= 15 is 0 Å². The van der Waals surface area contributed by atoms with E-state index in [4.69, 9.17) is 0 Å². The molecule has 0 spiro atoms. The SMILES string of the molecule is CC(C)NC(=O)NC(=O)CN1CCC(C)C(O)C1. The van der Waals surface area contributed by atoms with Gasteiger partial charge in [0.2, 0.25) is 5.91 Å². The summed E-state index contributed by atoms with van der Waals surface area (Å²) in [6.45, 7) is 7.06. The summed E-state index contributed by atoms with van der Waals surface area (Å²) in [5, 5.41) is 14.6. The molecular formula is C12H23N3O3. The first-order valence-electron chi connectivity index (χ1n) is 6.39. The van der Waals surface area contributed by atoms with Crippen molar-refractivity contribution in [1.29, 1.82) is 0 Å². The lowest BCUT2D eigenvalue weighted by Crippen LogP contribution is -2.50. The number of imide groups is 1. The number of amides is 3.